The zero-order valence-corrected chi connectivity index (χ0v) is 17.3. The third-order valence-electron chi connectivity index (χ3n) is 3.89. The molecule has 6 nitrogen and oxygen atoms in total. The SMILES string of the molecule is CC(C)OC(=O)C1=C(C(C)C)NC(=O)NC1c1cc(Cl)ccc1OC(C)C. The Kier molecular flexibility index (Phi) is 6.76. The fourth-order valence-corrected chi connectivity index (χ4v) is 3.07. The Morgan fingerprint density at radius 1 is 1.11 bits per heavy atom. The van der Waals surface area contributed by atoms with Crippen molar-refractivity contribution in [3.05, 3.63) is 40.1 Å². The highest BCUT2D eigenvalue weighted by Gasteiger charge is 2.36. The monoisotopic (exact) mass is 394 g/mol. The molecule has 1 aromatic carbocycles. The van der Waals surface area contributed by atoms with Crippen LogP contribution in [0.4, 0.5) is 4.79 Å². The summed E-state index contributed by atoms with van der Waals surface area (Å²) in [7, 11) is 0. The van der Waals surface area contributed by atoms with Gasteiger partial charge in [0, 0.05) is 16.3 Å². The summed E-state index contributed by atoms with van der Waals surface area (Å²) in [5.74, 6) is -0.0110. The second-order valence-corrected chi connectivity index (χ2v) is 7.75. The molecule has 1 aliphatic heterocycles. The summed E-state index contributed by atoms with van der Waals surface area (Å²) in [6.07, 6.45) is -0.371. The lowest BCUT2D eigenvalue weighted by atomic mass is 9.91. The largest absolute Gasteiger partial charge is 0.491 e. The number of nitrogens with one attached hydrogen (secondary N) is 2. The minimum atomic E-state index is -0.727. The Bertz CT molecular complexity index is 756. The van der Waals surface area contributed by atoms with Gasteiger partial charge in [-0.25, -0.2) is 9.59 Å². The van der Waals surface area contributed by atoms with Crippen LogP contribution >= 0.6 is 11.6 Å². The number of benzene rings is 1. The van der Waals surface area contributed by atoms with E-state index in [0.29, 0.717) is 27.6 Å². The summed E-state index contributed by atoms with van der Waals surface area (Å²) in [5.41, 5.74) is 1.50. The number of allylic oxidation sites excluding steroid dienone is 1. The lowest BCUT2D eigenvalue weighted by Gasteiger charge is -2.32. The zero-order valence-electron chi connectivity index (χ0n) is 16.6. The highest BCUT2D eigenvalue weighted by atomic mass is 35.5. The number of ether oxygens (including phenoxy) is 2. The lowest BCUT2D eigenvalue weighted by molar-refractivity contribution is -0.143. The molecule has 2 N–H and O–H groups in total. The van der Waals surface area contributed by atoms with Gasteiger partial charge in [-0.05, 0) is 51.8 Å². The average Bonchev–Trinajstić information content (AvgIpc) is 2.54. The van der Waals surface area contributed by atoms with E-state index in [2.05, 4.69) is 10.6 Å². The van der Waals surface area contributed by atoms with E-state index in [1.165, 1.54) is 0 Å². The van der Waals surface area contributed by atoms with Crippen molar-refractivity contribution < 1.29 is 19.1 Å². The first-order valence-corrected chi connectivity index (χ1v) is 9.46. The average molecular weight is 395 g/mol. The molecule has 1 aromatic rings. The molecule has 148 valence electrons. The van der Waals surface area contributed by atoms with Gasteiger partial charge in [0.05, 0.1) is 23.8 Å². The third kappa shape index (κ3) is 5.16. The van der Waals surface area contributed by atoms with Gasteiger partial charge < -0.3 is 20.1 Å². The fraction of sp³-hybridized carbons (Fsp3) is 0.500. The molecule has 1 atom stereocenters. The van der Waals surface area contributed by atoms with E-state index in [9.17, 15) is 9.59 Å². The van der Waals surface area contributed by atoms with Crippen LogP contribution in [0.1, 0.15) is 53.1 Å². The van der Waals surface area contributed by atoms with Gasteiger partial charge in [-0.1, -0.05) is 25.4 Å². The second-order valence-electron chi connectivity index (χ2n) is 7.32. The number of urea groups is 1. The van der Waals surface area contributed by atoms with Gasteiger partial charge in [-0.15, -0.1) is 0 Å². The first-order chi connectivity index (χ1) is 12.6. The molecule has 0 bridgehead atoms. The Labute approximate surface area is 165 Å². The van der Waals surface area contributed by atoms with E-state index in [4.69, 9.17) is 21.1 Å². The molecule has 1 heterocycles. The minimum Gasteiger partial charge on any atom is -0.491 e. The Morgan fingerprint density at radius 3 is 2.33 bits per heavy atom. The highest BCUT2D eigenvalue weighted by molar-refractivity contribution is 6.30. The normalized spacial score (nSPS) is 17.3. The second kappa shape index (κ2) is 8.65. The van der Waals surface area contributed by atoms with Crippen molar-refractivity contribution in [2.24, 2.45) is 5.92 Å². The van der Waals surface area contributed by atoms with Crippen LogP contribution in [0.3, 0.4) is 0 Å². The highest BCUT2D eigenvalue weighted by Crippen LogP contribution is 2.37. The van der Waals surface area contributed by atoms with E-state index in [-0.39, 0.29) is 24.2 Å². The van der Waals surface area contributed by atoms with Crippen LogP contribution in [0.25, 0.3) is 0 Å². The van der Waals surface area contributed by atoms with Gasteiger partial charge >= 0.3 is 12.0 Å². The number of esters is 1. The van der Waals surface area contributed by atoms with Crippen LogP contribution in [0.5, 0.6) is 5.75 Å². The molecule has 0 saturated heterocycles. The first-order valence-electron chi connectivity index (χ1n) is 9.08. The Balaban J connectivity index is 2.64. The number of carbonyl (C=O) groups is 2. The molecule has 0 aliphatic carbocycles. The van der Waals surface area contributed by atoms with Crippen molar-refractivity contribution in [3.8, 4) is 5.75 Å². The molecule has 0 spiro atoms. The van der Waals surface area contributed by atoms with Gasteiger partial charge in [0.1, 0.15) is 5.75 Å². The van der Waals surface area contributed by atoms with Crippen molar-refractivity contribution in [1.82, 2.24) is 10.6 Å². The summed E-state index contributed by atoms with van der Waals surface area (Å²) in [4.78, 5) is 25.2. The molecule has 0 aromatic heterocycles. The summed E-state index contributed by atoms with van der Waals surface area (Å²) in [6.45, 7) is 11.2. The van der Waals surface area contributed by atoms with Gasteiger partial charge in [0.15, 0.2) is 0 Å². The fourth-order valence-electron chi connectivity index (χ4n) is 2.88. The summed E-state index contributed by atoms with van der Waals surface area (Å²) in [6, 6.07) is 4.04. The third-order valence-corrected chi connectivity index (χ3v) is 4.12. The maximum Gasteiger partial charge on any atom is 0.338 e. The molecule has 0 fully saturated rings. The van der Waals surface area contributed by atoms with Gasteiger partial charge in [0.2, 0.25) is 0 Å². The smallest absolute Gasteiger partial charge is 0.338 e. The van der Waals surface area contributed by atoms with Gasteiger partial charge in [-0.3, -0.25) is 0 Å². The molecule has 1 unspecified atom stereocenters. The molecule has 0 saturated carbocycles. The van der Waals surface area contributed by atoms with E-state index in [1.807, 2.05) is 27.7 Å². The van der Waals surface area contributed by atoms with Crippen LogP contribution in [0.15, 0.2) is 29.5 Å². The van der Waals surface area contributed by atoms with Crippen molar-refractivity contribution in [2.75, 3.05) is 0 Å². The number of amides is 2. The Morgan fingerprint density at radius 2 is 1.78 bits per heavy atom. The summed E-state index contributed by atoms with van der Waals surface area (Å²) in [5, 5.41) is 6.05. The standard InChI is InChI=1S/C20H27ClN2O4/c1-10(2)17-16(19(24)27-12(5)6)18(23-20(25)22-17)14-9-13(21)7-8-15(14)26-11(3)4/h7-12,18H,1-6H3,(H2,22,23,25). The number of carbonyl (C=O) groups excluding carboxylic acids is 2. The molecule has 1 aliphatic rings. The number of hydrogen-bond donors (Lipinski definition) is 2. The zero-order chi connectivity index (χ0) is 20.3. The summed E-state index contributed by atoms with van der Waals surface area (Å²) < 4.78 is 11.3. The number of halogens is 1. The lowest BCUT2D eigenvalue weighted by Crippen LogP contribution is -2.47. The molecule has 27 heavy (non-hydrogen) atoms. The van der Waals surface area contributed by atoms with Gasteiger partial charge in [0.25, 0.3) is 0 Å². The van der Waals surface area contributed by atoms with Crippen LogP contribution in [0, 0.1) is 5.92 Å². The molecule has 2 rings (SSSR count). The summed E-state index contributed by atoms with van der Waals surface area (Å²) >= 11 is 6.20. The molecular formula is C20H27ClN2O4. The van der Waals surface area contributed by atoms with Gasteiger partial charge in [-0.2, -0.15) is 0 Å². The van der Waals surface area contributed by atoms with Crippen molar-refractivity contribution in [2.45, 2.75) is 59.8 Å². The molecule has 0 radical (unpaired) electrons. The molecule has 2 amide bonds. The number of hydrogen-bond acceptors (Lipinski definition) is 4. The topological polar surface area (TPSA) is 76.7 Å². The first kappa shape index (κ1) is 21.1. The molecular weight excluding hydrogens is 368 g/mol. The quantitative estimate of drug-likeness (QED) is 0.703. The predicted molar refractivity (Wildman–Crippen MR) is 105 cm³/mol. The van der Waals surface area contributed by atoms with E-state index < -0.39 is 12.0 Å². The van der Waals surface area contributed by atoms with Crippen LogP contribution in [-0.4, -0.2) is 24.2 Å². The van der Waals surface area contributed by atoms with Crippen LogP contribution < -0.4 is 15.4 Å². The van der Waals surface area contributed by atoms with Crippen molar-refractivity contribution in [3.63, 3.8) is 0 Å². The van der Waals surface area contributed by atoms with Crippen molar-refractivity contribution in [1.29, 1.82) is 0 Å². The predicted octanol–water partition coefficient (Wildman–Crippen LogP) is 4.34. The van der Waals surface area contributed by atoms with E-state index >= 15 is 0 Å². The minimum absolute atomic E-state index is 0.0815. The van der Waals surface area contributed by atoms with Crippen LogP contribution in [0.2, 0.25) is 5.02 Å². The maximum absolute atomic E-state index is 12.9. The van der Waals surface area contributed by atoms with E-state index in [1.54, 1.807) is 32.0 Å². The molecule has 7 heteroatoms. The number of rotatable bonds is 6. The maximum atomic E-state index is 12.9. The Hall–Kier alpha value is -2.21. The van der Waals surface area contributed by atoms with E-state index in [0.717, 1.165) is 0 Å². The van der Waals surface area contributed by atoms with Crippen LogP contribution in [-0.2, 0) is 9.53 Å². The van der Waals surface area contributed by atoms with Crippen molar-refractivity contribution >= 4 is 23.6 Å².